The SMILES string of the molecule is CNC(c1ccc(I)c(Cl)c1)C1CCCCC1. The molecule has 1 aliphatic rings. The lowest BCUT2D eigenvalue weighted by Crippen LogP contribution is -2.26. The van der Waals surface area contributed by atoms with Crippen molar-refractivity contribution in [1.82, 2.24) is 5.32 Å². The zero-order valence-electron chi connectivity index (χ0n) is 10.2. The second-order valence-electron chi connectivity index (χ2n) is 4.84. The summed E-state index contributed by atoms with van der Waals surface area (Å²) in [5, 5.41) is 4.35. The van der Waals surface area contributed by atoms with Gasteiger partial charge in [-0.25, -0.2) is 0 Å². The van der Waals surface area contributed by atoms with Crippen LogP contribution in [0, 0.1) is 9.49 Å². The highest BCUT2D eigenvalue weighted by atomic mass is 127. The van der Waals surface area contributed by atoms with Crippen LogP contribution in [0.15, 0.2) is 18.2 Å². The molecule has 0 radical (unpaired) electrons. The first kappa shape index (κ1) is 13.6. The number of halogens is 2. The van der Waals surface area contributed by atoms with Gasteiger partial charge in [-0.05, 0) is 66.1 Å². The van der Waals surface area contributed by atoms with Gasteiger partial charge in [-0.3, -0.25) is 0 Å². The maximum Gasteiger partial charge on any atom is 0.0542 e. The molecule has 17 heavy (non-hydrogen) atoms. The fraction of sp³-hybridized carbons (Fsp3) is 0.571. The Kier molecular flexibility index (Phi) is 5.12. The number of benzene rings is 1. The zero-order valence-corrected chi connectivity index (χ0v) is 13.1. The molecule has 0 spiro atoms. The summed E-state index contributed by atoms with van der Waals surface area (Å²) in [5.41, 5.74) is 1.34. The van der Waals surface area contributed by atoms with E-state index in [4.69, 9.17) is 11.6 Å². The third-order valence-corrected chi connectivity index (χ3v) is 5.31. The summed E-state index contributed by atoms with van der Waals surface area (Å²) in [6, 6.07) is 6.92. The number of nitrogens with one attached hydrogen (secondary N) is 1. The molecule has 0 saturated heterocycles. The third-order valence-electron chi connectivity index (χ3n) is 3.74. The van der Waals surface area contributed by atoms with Crippen molar-refractivity contribution in [2.24, 2.45) is 5.92 Å². The highest BCUT2D eigenvalue weighted by Crippen LogP contribution is 2.35. The van der Waals surface area contributed by atoms with Gasteiger partial charge < -0.3 is 5.32 Å². The Morgan fingerprint density at radius 2 is 2.00 bits per heavy atom. The van der Waals surface area contributed by atoms with Gasteiger partial charge >= 0.3 is 0 Å². The molecule has 1 saturated carbocycles. The summed E-state index contributed by atoms with van der Waals surface area (Å²) >= 11 is 8.50. The summed E-state index contributed by atoms with van der Waals surface area (Å²) in [6.45, 7) is 0. The molecular formula is C14H19ClIN. The van der Waals surface area contributed by atoms with Crippen molar-refractivity contribution in [3.8, 4) is 0 Å². The van der Waals surface area contributed by atoms with E-state index in [0.29, 0.717) is 6.04 Å². The van der Waals surface area contributed by atoms with Crippen LogP contribution >= 0.6 is 34.2 Å². The Bertz CT molecular complexity index is 374. The van der Waals surface area contributed by atoms with Crippen LogP contribution in [0.2, 0.25) is 5.02 Å². The lowest BCUT2D eigenvalue weighted by Gasteiger charge is -2.30. The molecule has 1 atom stereocenters. The van der Waals surface area contributed by atoms with Crippen molar-refractivity contribution in [1.29, 1.82) is 0 Å². The molecule has 1 unspecified atom stereocenters. The van der Waals surface area contributed by atoms with Crippen molar-refractivity contribution in [2.45, 2.75) is 38.1 Å². The molecule has 1 nitrogen and oxygen atoms in total. The van der Waals surface area contributed by atoms with E-state index in [0.717, 1.165) is 14.5 Å². The van der Waals surface area contributed by atoms with Crippen molar-refractivity contribution in [3.63, 3.8) is 0 Å². The zero-order chi connectivity index (χ0) is 12.3. The monoisotopic (exact) mass is 363 g/mol. The van der Waals surface area contributed by atoms with E-state index in [1.165, 1.54) is 37.7 Å². The Morgan fingerprint density at radius 3 is 2.59 bits per heavy atom. The van der Waals surface area contributed by atoms with Crippen LogP contribution in [0.3, 0.4) is 0 Å². The summed E-state index contributed by atoms with van der Waals surface area (Å²) in [6.07, 6.45) is 6.84. The van der Waals surface area contributed by atoms with Gasteiger partial charge in [0.05, 0.1) is 5.02 Å². The standard InChI is InChI=1S/C14H19ClIN/c1-17-14(10-5-3-2-4-6-10)11-7-8-13(16)12(15)9-11/h7-10,14,17H,2-6H2,1H3. The fourth-order valence-corrected chi connectivity index (χ4v) is 3.37. The quantitative estimate of drug-likeness (QED) is 0.762. The third kappa shape index (κ3) is 3.36. The van der Waals surface area contributed by atoms with Gasteiger partial charge in [0, 0.05) is 9.61 Å². The first-order valence-electron chi connectivity index (χ1n) is 6.34. The van der Waals surface area contributed by atoms with Crippen molar-refractivity contribution >= 4 is 34.2 Å². The van der Waals surface area contributed by atoms with E-state index < -0.39 is 0 Å². The molecule has 94 valence electrons. The predicted molar refractivity (Wildman–Crippen MR) is 82.5 cm³/mol. The fourth-order valence-electron chi connectivity index (χ4n) is 2.85. The summed E-state index contributed by atoms with van der Waals surface area (Å²) in [5.74, 6) is 0.768. The topological polar surface area (TPSA) is 12.0 Å². The van der Waals surface area contributed by atoms with Crippen LogP contribution in [0.25, 0.3) is 0 Å². The molecule has 0 bridgehead atoms. The van der Waals surface area contributed by atoms with E-state index in [2.05, 4.69) is 53.2 Å². The normalized spacial score (nSPS) is 19.2. The van der Waals surface area contributed by atoms with E-state index in [1.807, 2.05) is 0 Å². The molecule has 1 aliphatic carbocycles. The first-order chi connectivity index (χ1) is 8.22. The Balaban J connectivity index is 2.18. The number of hydrogen-bond donors (Lipinski definition) is 1. The molecule has 0 aliphatic heterocycles. The van der Waals surface area contributed by atoms with Crippen LogP contribution in [0.1, 0.15) is 43.7 Å². The predicted octanol–water partition coefficient (Wildman–Crippen LogP) is 4.79. The Labute approximate surface area is 122 Å². The number of rotatable bonds is 3. The molecule has 2 rings (SSSR count). The summed E-state index contributed by atoms with van der Waals surface area (Å²) in [7, 11) is 2.06. The smallest absolute Gasteiger partial charge is 0.0542 e. The van der Waals surface area contributed by atoms with Gasteiger partial charge in [-0.1, -0.05) is 36.9 Å². The number of hydrogen-bond acceptors (Lipinski definition) is 1. The van der Waals surface area contributed by atoms with Gasteiger partial charge in [0.25, 0.3) is 0 Å². The van der Waals surface area contributed by atoms with E-state index in [9.17, 15) is 0 Å². The van der Waals surface area contributed by atoms with Crippen molar-refractivity contribution in [2.75, 3.05) is 7.05 Å². The lowest BCUT2D eigenvalue weighted by atomic mass is 9.81. The van der Waals surface area contributed by atoms with E-state index >= 15 is 0 Å². The Morgan fingerprint density at radius 1 is 1.29 bits per heavy atom. The molecule has 0 amide bonds. The highest BCUT2D eigenvalue weighted by molar-refractivity contribution is 14.1. The molecule has 0 heterocycles. The molecule has 1 aromatic carbocycles. The van der Waals surface area contributed by atoms with Crippen LogP contribution < -0.4 is 5.32 Å². The van der Waals surface area contributed by atoms with Crippen LogP contribution in [0.5, 0.6) is 0 Å². The minimum absolute atomic E-state index is 0.463. The van der Waals surface area contributed by atoms with Crippen molar-refractivity contribution in [3.05, 3.63) is 32.4 Å². The lowest BCUT2D eigenvalue weighted by molar-refractivity contribution is 0.281. The van der Waals surface area contributed by atoms with E-state index in [1.54, 1.807) is 0 Å². The molecule has 1 fully saturated rings. The molecule has 3 heteroatoms. The van der Waals surface area contributed by atoms with Crippen LogP contribution in [-0.2, 0) is 0 Å². The molecule has 1 aromatic rings. The van der Waals surface area contributed by atoms with Crippen LogP contribution in [-0.4, -0.2) is 7.05 Å². The van der Waals surface area contributed by atoms with Crippen LogP contribution in [0.4, 0.5) is 0 Å². The maximum atomic E-state index is 6.22. The van der Waals surface area contributed by atoms with Gasteiger partial charge in [0.2, 0.25) is 0 Å². The Hall–Kier alpha value is 0.200. The highest BCUT2D eigenvalue weighted by Gasteiger charge is 2.23. The van der Waals surface area contributed by atoms with Gasteiger partial charge in [-0.15, -0.1) is 0 Å². The summed E-state index contributed by atoms with van der Waals surface area (Å²) in [4.78, 5) is 0. The van der Waals surface area contributed by atoms with Gasteiger partial charge in [0.1, 0.15) is 0 Å². The largest absolute Gasteiger partial charge is 0.313 e. The van der Waals surface area contributed by atoms with Gasteiger partial charge in [-0.2, -0.15) is 0 Å². The molecule has 0 aromatic heterocycles. The maximum absolute atomic E-state index is 6.22. The van der Waals surface area contributed by atoms with Crippen molar-refractivity contribution < 1.29 is 0 Å². The average Bonchev–Trinajstić information content (AvgIpc) is 2.36. The molecule has 1 N–H and O–H groups in total. The molecular weight excluding hydrogens is 345 g/mol. The second-order valence-corrected chi connectivity index (χ2v) is 6.41. The average molecular weight is 364 g/mol. The second kappa shape index (κ2) is 6.39. The van der Waals surface area contributed by atoms with E-state index in [-0.39, 0.29) is 0 Å². The first-order valence-corrected chi connectivity index (χ1v) is 7.80. The summed E-state index contributed by atoms with van der Waals surface area (Å²) < 4.78 is 1.13. The minimum atomic E-state index is 0.463. The minimum Gasteiger partial charge on any atom is -0.313 e. The van der Waals surface area contributed by atoms with Gasteiger partial charge in [0.15, 0.2) is 0 Å².